The maximum absolute atomic E-state index is 5.35. The van der Waals surface area contributed by atoms with E-state index in [9.17, 15) is 0 Å². The lowest BCUT2D eigenvalue weighted by Crippen LogP contribution is -2.38. The Kier molecular flexibility index (Phi) is 5.92. The molecule has 0 aromatic heterocycles. The van der Waals surface area contributed by atoms with Crippen molar-refractivity contribution in [1.29, 1.82) is 0 Å². The largest absolute Gasteiger partial charge is 0.378 e. The quantitative estimate of drug-likeness (QED) is 0.824. The summed E-state index contributed by atoms with van der Waals surface area (Å²) in [6, 6.07) is 8.60. The molecule has 0 atom stereocenters. The van der Waals surface area contributed by atoms with Crippen LogP contribution in [0.1, 0.15) is 19.4 Å². The molecule has 0 aliphatic rings. The highest BCUT2D eigenvalue weighted by molar-refractivity contribution is 7.80. The molecule has 1 rings (SSSR count). The van der Waals surface area contributed by atoms with Crippen molar-refractivity contribution in [1.82, 2.24) is 10.2 Å². The fourth-order valence-electron chi connectivity index (χ4n) is 1.71. The predicted molar refractivity (Wildman–Crippen MR) is 83.1 cm³/mol. The molecule has 0 radical (unpaired) electrons. The molecule has 0 fully saturated rings. The molecule has 0 saturated carbocycles. The second-order valence-corrected chi connectivity index (χ2v) is 4.80. The molecule has 1 N–H and O–H groups in total. The summed E-state index contributed by atoms with van der Waals surface area (Å²) in [4.78, 5) is 4.27. The van der Waals surface area contributed by atoms with Crippen molar-refractivity contribution in [3.8, 4) is 0 Å². The Bertz CT molecular complexity index is 373. The smallest absolute Gasteiger partial charge is 0.169 e. The number of nitrogens with one attached hydrogen (secondary N) is 1. The maximum Gasteiger partial charge on any atom is 0.169 e. The van der Waals surface area contributed by atoms with Gasteiger partial charge in [-0.2, -0.15) is 0 Å². The molecule has 1 aromatic rings. The Hall–Kier alpha value is -1.29. The van der Waals surface area contributed by atoms with E-state index >= 15 is 0 Å². The summed E-state index contributed by atoms with van der Waals surface area (Å²) in [6.45, 7) is 6.83. The molecule has 0 amide bonds. The fourth-order valence-corrected chi connectivity index (χ4v) is 2.05. The molecule has 0 spiro atoms. The molecule has 100 valence electrons. The molecule has 3 nitrogen and oxygen atoms in total. The Morgan fingerprint density at radius 1 is 1.17 bits per heavy atom. The fraction of sp³-hybridized carbons (Fsp3) is 0.500. The van der Waals surface area contributed by atoms with E-state index in [0.717, 1.165) is 24.7 Å². The number of anilines is 1. The average Bonchev–Trinajstić information content (AvgIpc) is 2.36. The van der Waals surface area contributed by atoms with Crippen LogP contribution in [-0.4, -0.2) is 37.2 Å². The van der Waals surface area contributed by atoms with Gasteiger partial charge in [0.1, 0.15) is 0 Å². The number of nitrogens with zero attached hydrogens (tertiary/aromatic N) is 2. The highest BCUT2D eigenvalue weighted by Crippen LogP contribution is 2.13. The molecule has 0 bridgehead atoms. The van der Waals surface area contributed by atoms with Crippen LogP contribution in [0, 0.1) is 0 Å². The van der Waals surface area contributed by atoms with Crippen LogP contribution in [0.15, 0.2) is 24.3 Å². The van der Waals surface area contributed by atoms with E-state index in [2.05, 4.69) is 53.2 Å². The van der Waals surface area contributed by atoms with Gasteiger partial charge in [0.25, 0.3) is 0 Å². The SMILES string of the molecule is CCNC(=S)N(CC)Cc1ccc(N(C)C)cc1. The highest BCUT2D eigenvalue weighted by Gasteiger charge is 2.07. The summed E-state index contributed by atoms with van der Waals surface area (Å²) in [5, 5.41) is 4.03. The van der Waals surface area contributed by atoms with Gasteiger partial charge in [0.2, 0.25) is 0 Å². The number of benzene rings is 1. The van der Waals surface area contributed by atoms with Crippen LogP contribution in [0.4, 0.5) is 5.69 Å². The predicted octanol–water partition coefficient (Wildman–Crippen LogP) is 2.47. The lowest BCUT2D eigenvalue weighted by Gasteiger charge is -2.24. The van der Waals surface area contributed by atoms with Crippen molar-refractivity contribution < 1.29 is 0 Å². The number of hydrogen-bond donors (Lipinski definition) is 1. The number of hydrogen-bond acceptors (Lipinski definition) is 2. The van der Waals surface area contributed by atoms with Crippen molar-refractivity contribution in [2.24, 2.45) is 0 Å². The molecule has 0 saturated heterocycles. The lowest BCUT2D eigenvalue weighted by atomic mass is 10.2. The van der Waals surface area contributed by atoms with Crippen LogP contribution in [0.2, 0.25) is 0 Å². The first-order valence-electron chi connectivity index (χ1n) is 6.37. The Morgan fingerprint density at radius 2 is 1.78 bits per heavy atom. The zero-order valence-corrected chi connectivity index (χ0v) is 12.5. The first-order valence-corrected chi connectivity index (χ1v) is 6.78. The van der Waals surface area contributed by atoms with Crippen LogP contribution in [0.3, 0.4) is 0 Å². The summed E-state index contributed by atoms with van der Waals surface area (Å²) in [7, 11) is 4.10. The minimum absolute atomic E-state index is 0.830. The van der Waals surface area contributed by atoms with Crippen molar-refractivity contribution >= 4 is 23.0 Å². The minimum atomic E-state index is 0.830. The van der Waals surface area contributed by atoms with Crippen LogP contribution >= 0.6 is 12.2 Å². The Balaban J connectivity index is 2.67. The van der Waals surface area contributed by atoms with Crippen LogP contribution in [-0.2, 0) is 6.54 Å². The third-order valence-corrected chi connectivity index (χ3v) is 3.23. The molecule has 18 heavy (non-hydrogen) atoms. The van der Waals surface area contributed by atoms with Gasteiger partial charge in [0.05, 0.1) is 0 Å². The van der Waals surface area contributed by atoms with E-state index in [1.165, 1.54) is 11.3 Å². The first-order chi connectivity index (χ1) is 8.58. The summed E-state index contributed by atoms with van der Waals surface area (Å²) in [6.07, 6.45) is 0. The molecule has 0 heterocycles. The van der Waals surface area contributed by atoms with Crippen LogP contribution in [0.5, 0.6) is 0 Å². The van der Waals surface area contributed by atoms with Crippen LogP contribution < -0.4 is 10.2 Å². The van der Waals surface area contributed by atoms with Gasteiger partial charge in [-0.05, 0) is 43.8 Å². The van der Waals surface area contributed by atoms with Gasteiger partial charge < -0.3 is 15.1 Å². The van der Waals surface area contributed by atoms with E-state index in [0.29, 0.717) is 0 Å². The number of rotatable bonds is 5. The van der Waals surface area contributed by atoms with Crippen molar-refractivity contribution in [3.63, 3.8) is 0 Å². The van der Waals surface area contributed by atoms with Crippen molar-refractivity contribution in [2.45, 2.75) is 20.4 Å². The van der Waals surface area contributed by atoms with Gasteiger partial charge in [-0.1, -0.05) is 12.1 Å². The standard InChI is InChI=1S/C14H23N3S/c1-5-15-14(18)17(6-2)11-12-7-9-13(10-8-12)16(3)4/h7-10H,5-6,11H2,1-4H3,(H,15,18). The monoisotopic (exact) mass is 265 g/mol. The van der Waals surface area contributed by atoms with E-state index in [1.807, 2.05) is 14.1 Å². The van der Waals surface area contributed by atoms with Gasteiger partial charge >= 0.3 is 0 Å². The second-order valence-electron chi connectivity index (χ2n) is 4.41. The highest BCUT2D eigenvalue weighted by atomic mass is 32.1. The van der Waals surface area contributed by atoms with Gasteiger partial charge in [-0.3, -0.25) is 0 Å². The van der Waals surface area contributed by atoms with Crippen LogP contribution in [0.25, 0.3) is 0 Å². The first kappa shape index (κ1) is 14.8. The molecular formula is C14H23N3S. The van der Waals surface area contributed by atoms with E-state index in [4.69, 9.17) is 12.2 Å². The molecule has 4 heteroatoms. The Labute approximate surface area is 116 Å². The zero-order valence-electron chi connectivity index (χ0n) is 11.7. The summed E-state index contributed by atoms with van der Waals surface area (Å²) >= 11 is 5.35. The minimum Gasteiger partial charge on any atom is -0.378 e. The second kappa shape index (κ2) is 7.21. The molecule has 1 aromatic carbocycles. The van der Waals surface area contributed by atoms with E-state index < -0.39 is 0 Å². The van der Waals surface area contributed by atoms with Gasteiger partial charge in [0, 0.05) is 39.4 Å². The lowest BCUT2D eigenvalue weighted by molar-refractivity contribution is 0.428. The summed E-state index contributed by atoms with van der Waals surface area (Å²) < 4.78 is 0. The van der Waals surface area contributed by atoms with Gasteiger partial charge in [-0.25, -0.2) is 0 Å². The average molecular weight is 265 g/mol. The zero-order chi connectivity index (χ0) is 13.5. The van der Waals surface area contributed by atoms with Gasteiger partial charge in [-0.15, -0.1) is 0 Å². The van der Waals surface area contributed by atoms with E-state index in [1.54, 1.807) is 0 Å². The third-order valence-electron chi connectivity index (χ3n) is 2.82. The normalized spacial score (nSPS) is 10.0. The Morgan fingerprint density at radius 3 is 2.22 bits per heavy atom. The maximum atomic E-state index is 5.35. The summed E-state index contributed by atoms with van der Waals surface area (Å²) in [5.41, 5.74) is 2.50. The molecular weight excluding hydrogens is 242 g/mol. The topological polar surface area (TPSA) is 18.5 Å². The van der Waals surface area contributed by atoms with Crippen molar-refractivity contribution in [2.75, 3.05) is 32.1 Å². The van der Waals surface area contributed by atoms with E-state index in [-0.39, 0.29) is 0 Å². The molecule has 0 aliphatic heterocycles. The third kappa shape index (κ3) is 4.18. The summed E-state index contributed by atoms with van der Waals surface area (Å²) in [5.74, 6) is 0. The van der Waals surface area contributed by atoms with Gasteiger partial charge in [0.15, 0.2) is 5.11 Å². The molecule has 0 unspecified atom stereocenters. The molecule has 0 aliphatic carbocycles. The number of thiocarbonyl (C=S) groups is 1. The van der Waals surface area contributed by atoms with Crippen molar-refractivity contribution in [3.05, 3.63) is 29.8 Å².